The summed E-state index contributed by atoms with van der Waals surface area (Å²) >= 11 is 5.34. The van der Waals surface area contributed by atoms with Crippen molar-refractivity contribution in [2.45, 2.75) is 38.3 Å². The summed E-state index contributed by atoms with van der Waals surface area (Å²) in [6.07, 6.45) is 4.74. The van der Waals surface area contributed by atoms with Crippen LogP contribution in [0.15, 0.2) is 15.9 Å². The van der Waals surface area contributed by atoms with E-state index in [0.29, 0.717) is 18.6 Å². The fraction of sp³-hybridized carbons (Fsp3) is 0.667. The third-order valence-electron chi connectivity index (χ3n) is 3.35. The standard InChI is InChI=1S/C12H18BrNOS/c13-11-5-6-16-12(11)7-14-10-3-1-9(8-15)2-4-10/h5-6,9-10,14-15H,1-4,7-8H2. The lowest BCUT2D eigenvalue weighted by Gasteiger charge is -2.28. The second-order valence-corrected chi connectivity index (χ2v) is 6.33. The van der Waals surface area contributed by atoms with Gasteiger partial charge in [0.15, 0.2) is 0 Å². The molecule has 16 heavy (non-hydrogen) atoms. The number of halogens is 1. The predicted molar refractivity (Wildman–Crippen MR) is 71.7 cm³/mol. The Hall–Kier alpha value is 0.100. The highest BCUT2D eigenvalue weighted by Crippen LogP contribution is 2.26. The van der Waals surface area contributed by atoms with E-state index in [4.69, 9.17) is 5.11 Å². The van der Waals surface area contributed by atoms with Crippen molar-refractivity contribution in [3.63, 3.8) is 0 Å². The molecule has 0 aliphatic heterocycles. The molecule has 4 heteroatoms. The van der Waals surface area contributed by atoms with Gasteiger partial charge in [0, 0.05) is 28.5 Å². The number of hydrogen-bond donors (Lipinski definition) is 2. The molecule has 1 fully saturated rings. The van der Waals surface area contributed by atoms with Gasteiger partial charge >= 0.3 is 0 Å². The molecule has 2 rings (SSSR count). The molecule has 0 spiro atoms. The van der Waals surface area contributed by atoms with Gasteiger partial charge in [0.2, 0.25) is 0 Å². The van der Waals surface area contributed by atoms with Gasteiger partial charge in [-0.25, -0.2) is 0 Å². The topological polar surface area (TPSA) is 32.3 Å². The lowest BCUT2D eigenvalue weighted by Crippen LogP contribution is -2.33. The molecular formula is C12H18BrNOS. The number of nitrogens with one attached hydrogen (secondary N) is 1. The number of aliphatic hydroxyl groups is 1. The van der Waals surface area contributed by atoms with Crippen LogP contribution in [0.2, 0.25) is 0 Å². The van der Waals surface area contributed by atoms with Crippen molar-refractivity contribution in [2.24, 2.45) is 5.92 Å². The van der Waals surface area contributed by atoms with Crippen molar-refractivity contribution in [3.8, 4) is 0 Å². The van der Waals surface area contributed by atoms with E-state index < -0.39 is 0 Å². The van der Waals surface area contributed by atoms with Crippen LogP contribution in [0.3, 0.4) is 0 Å². The van der Waals surface area contributed by atoms with E-state index in [1.165, 1.54) is 35.0 Å². The Morgan fingerprint density at radius 3 is 2.69 bits per heavy atom. The quantitative estimate of drug-likeness (QED) is 0.895. The second kappa shape index (κ2) is 6.15. The molecule has 0 unspecified atom stereocenters. The van der Waals surface area contributed by atoms with Crippen LogP contribution in [0.25, 0.3) is 0 Å². The van der Waals surface area contributed by atoms with E-state index in [2.05, 4.69) is 32.7 Å². The summed E-state index contributed by atoms with van der Waals surface area (Å²) < 4.78 is 1.22. The molecule has 0 saturated heterocycles. The highest BCUT2D eigenvalue weighted by Gasteiger charge is 2.20. The van der Waals surface area contributed by atoms with E-state index >= 15 is 0 Å². The van der Waals surface area contributed by atoms with Gasteiger partial charge in [0.05, 0.1) is 0 Å². The van der Waals surface area contributed by atoms with Gasteiger partial charge < -0.3 is 10.4 Å². The van der Waals surface area contributed by atoms with E-state index in [1.807, 2.05) is 0 Å². The molecule has 90 valence electrons. The lowest BCUT2D eigenvalue weighted by molar-refractivity contribution is 0.175. The highest BCUT2D eigenvalue weighted by atomic mass is 79.9. The molecule has 0 bridgehead atoms. The predicted octanol–water partition coefficient (Wildman–Crippen LogP) is 3.15. The fourth-order valence-corrected chi connectivity index (χ4v) is 3.68. The average molecular weight is 304 g/mol. The molecule has 0 atom stereocenters. The van der Waals surface area contributed by atoms with Crippen molar-refractivity contribution in [2.75, 3.05) is 6.61 Å². The summed E-state index contributed by atoms with van der Waals surface area (Å²) in [6.45, 7) is 1.33. The van der Waals surface area contributed by atoms with Gasteiger partial charge in [-0.3, -0.25) is 0 Å². The largest absolute Gasteiger partial charge is 0.396 e. The Morgan fingerprint density at radius 2 is 2.12 bits per heavy atom. The van der Waals surface area contributed by atoms with Crippen molar-refractivity contribution in [1.82, 2.24) is 5.32 Å². The van der Waals surface area contributed by atoms with E-state index in [9.17, 15) is 0 Å². The molecule has 0 radical (unpaired) electrons. The molecule has 1 aliphatic carbocycles. The first-order chi connectivity index (χ1) is 7.79. The first-order valence-electron chi connectivity index (χ1n) is 5.85. The van der Waals surface area contributed by atoms with Crippen molar-refractivity contribution < 1.29 is 5.11 Å². The molecule has 2 N–H and O–H groups in total. The Balaban J connectivity index is 1.73. The Labute approximate surface area is 109 Å². The van der Waals surface area contributed by atoms with Crippen LogP contribution >= 0.6 is 27.3 Å². The Bertz CT molecular complexity index is 321. The van der Waals surface area contributed by atoms with E-state index in [1.54, 1.807) is 11.3 Å². The van der Waals surface area contributed by atoms with Crippen molar-refractivity contribution in [1.29, 1.82) is 0 Å². The monoisotopic (exact) mass is 303 g/mol. The minimum Gasteiger partial charge on any atom is -0.396 e. The SMILES string of the molecule is OCC1CCC(NCc2sccc2Br)CC1. The highest BCUT2D eigenvalue weighted by molar-refractivity contribution is 9.10. The smallest absolute Gasteiger partial charge is 0.0459 e. The molecular weight excluding hydrogens is 286 g/mol. The summed E-state index contributed by atoms with van der Waals surface area (Å²) in [6, 6.07) is 2.74. The lowest BCUT2D eigenvalue weighted by atomic mass is 9.86. The maximum atomic E-state index is 9.07. The number of thiophene rings is 1. The molecule has 0 aromatic carbocycles. The van der Waals surface area contributed by atoms with Crippen LogP contribution in [0.5, 0.6) is 0 Å². The van der Waals surface area contributed by atoms with Gasteiger partial charge in [-0.15, -0.1) is 11.3 Å². The minimum absolute atomic E-state index is 0.364. The first-order valence-corrected chi connectivity index (χ1v) is 7.53. The van der Waals surface area contributed by atoms with Gasteiger partial charge in [-0.1, -0.05) is 0 Å². The molecule has 1 aromatic rings. The molecule has 1 heterocycles. The molecule has 0 amide bonds. The first kappa shape index (κ1) is 12.6. The summed E-state index contributed by atoms with van der Waals surface area (Å²) in [4.78, 5) is 1.38. The average Bonchev–Trinajstić information content (AvgIpc) is 2.73. The van der Waals surface area contributed by atoms with Crippen LogP contribution in [0.1, 0.15) is 30.6 Å². The number of hydrogen-bond acceptors (Lipinski definition) is 3. The summed E-state index contributed by atoms with van der Waals surface area (Å²) in [5.74, 6) is 0.548. The van der Waals surface area contributed by atoms with Gasteiger partial charge in [-0.2, -0.15) is 0 Å². The van der Waals surface area contributed by atoms with Crippen LogP contribution in [0.4, 0.5) is 0 Å². The number of aliphatic hydroxyl groups excluding tert-OH is 1. The zero-order chi connectivity index (χ0) is 11.4. The summed E-state index contributed by atoms with van der Waals surface area (Å²) in [5.41, 5.74) is 0. The van der Waals surface area contributed by atoms with Crippen LogP contribution in [-0.2, 0) is 6.54 Å². The second-order valence-electron chi connectivity index (χ2n) is 4.47. The third kappa shape index (κ3) is 3.29. The van der Waals surface area contributed by atoms with Crippen LogP contribution < -0.4 is 5.32 Å². The van der Waals surface area contributed by atoms with E-state index in [-0.39, 0.29) is 0 Å². The van der Waals surface area contributed by atoms with Gasteiger partial charge in [-0.05, 0) is 59.0 Å². The zero-order valence-electron chi connectivity index (χ0n) is 9.29. The van der Waals surface area contributed by atoms with E-state index in [0.717, 1.165) is 6.54 Å². The maximum Gasteiger partial charge on any atom is 0.0459 e. The zero-order valence-corrected chi connectivity index (χ0v) is 11.7. The van der Waals surface area contributed by atoms with Gasteiger partial charge in [0.1, 0.15) is 0 Å². The maximum absolute atomic E-state index is 9.07. The molecule has 1 saturated carbocycles. The Kier molecular flexibility index (Phi) is 4.82. The minimum atomic E-state index is 0.364. The molecule has 1 aromatic heterocycles. The third-order valence-corrected chi connectivity index (χ3v) is 5.27. The van der Waals surface area contributed by atoms with Crippen LogP contribution in [0, 0.1) is 5.92 Å². The van der Waals surface area contributed by atoms with Crippen molar-refractivity contribution in [3.05, 3.63) is 20.8 Å². The summed E-state index contributed by atoms with van der Waals surface area (Å²) in [7, 11) is 0. The van der Waals surface area contributed by atoms with Crippen LogP contribution in [-0.4, -0.2) is 17.8 Å². The summed E-state index contributed by atoms with van der Waals surface area (Å²) in [5, 5.41) is 14.8. The molecule has 2 nitrogen and oxygen atoms in total. The molecule has 1 aliphatic rings. The van der Waals surface area contributed by atoms with Crippen molar-refractivity contribution >= 4 is 27.3 Å². The Morgan fingerprint density at radius 1 is 1.38 bits per heavy atom. The fourth-order valence-electron chi connectivity index (χ4n) is 2.24. The number of rotatable bonds is 4. The van der Waals surface area contributed by atoms with Gasteiger partial charge in [0.25, 0.3) is 0 Å². The normalized spacial score (nSPS) is 25.9.